The minimum Gasteiger partial charge on any atom is -0.391 e. The lowest BCUT2D eigenvalue weighted by Crippen LogP contribution is -2.38. The lowest BCUT2D eigenvalue weighted by Gasteiger charge is -2.32. The summed E-state index contributed by atoms with van der Waals surface area (Å²) in [6.07, 6.45) is 3.89. The van der Waals surface area contributed by atoms with Gasteiger partial charge in [0.1, 0.15) is 4.32 Å². The number of thiocarbonyl (C=S) groups is 1. The van der Waals surface area contributed by atoms with E-state index in [-0.39, 0.29) is 22.6 Å². The SMILES string of the molecule is C=CCN1C(=O)/C(=C/C2CC(Cl)CC(Cl)C2O)SC1=S. The summed E-state index contributed by atoms with van der Waals surface area (Å²) in [5, 5.41) is 9.65. The Bertz CT molecular complexity index is 469. The molecule has 1 saturated carbocycles. The van der Waals surface area contributed by atoms with E-state index >= 15 is 0 Å². The van der Waals surface area contributed by atoms with Gasteiger partial charge in [-0.2, -0.15) is 0 Å². The van der Waals surface area contributed by atoms with E-state index in [1.54, 1.807) is 12.2 Å². The van der Waals surface area contributed by atoms with Crippen molar-refractivity contribution in [2.45, 2.75) is 29.7 Å². The zero-order valence-electron chi connectivity index (χ0n) is 10.7. The van der Waals surface area contributed by atoms with Crippen LogP contribution < -0.4 is 0 Å². The van der Waals surface area contributed by atoms with Crippen molar-refractivity contribution in [1.82, 2.24) is 4.90 Å². The molecular weight excluding hydrogens is 337 g/mol. The Hall–Kier alpha value is -0.0700. The molecule has 2 aliphatic rings. The maximum Gasteiger partial charge on any atom is 0.266 e. The molecule has 1 aliphatic heterocycles. The minimum absolute atomic E-state index is 0.0829. The first kappa shape index (κ1) is 16.3. The molecule has 0 spiro atoms. The largest absolute Gasteiger partial charge is 0.391 e. The number of halogens is 2. The molecule has 2 rings (SSSR count). The Morgan fingerprint density at radius 2 is 2.20 bits per heavy atom. The highest BCUT2D eigenvalue weighted by Gasteiger charge is 2.37. The molecule has 1 heterocycles. The second-order valence-corrected chi connectivity index (χ2v) is 7.70. The molecule has 1 N–H and O–H groups in total. The first-order valence-electron chi connectivity index (χ1n) is 6.26. The lowest BCUT2D eigenvalue weighted by molar-refractivity contribution is -0.121. The lowest BCUT2D eigenvalue weighted by atomic mass is 9.85. The second kappa shape index (κ2) is 6.79. The first-order valence-corrected chi connectivity index (χ1v) is 8.36. The fourth-order valence-corrected chi connectivity index (χ4v) is 4.56. The average Bonchev–Trinajstić information content (AvgIpc) is 2.63. The van der Waals surface area contributed by atoms with Crippen molar-refractivity contribution in [2.24, 2.45) is 5.92 Å². The summed E-state index contributed by atoms with van der Waals surface area (Å²) in [6.45, 7) is 4.00. The third kappa shape index (κ3) is 3.39. The van der Waals surface area contributed by atoms with E-state index in [0.717, 1.165) is 0 Å². The summed E-state index contributed by atoms with van der Waals surface area (Å²) in [7, 11) is 0. The molecular formula is C13H15Cl2NO2S2. The molecule has 0 aromatic rings. The number of carbonyl (C=O) groups excluding carboxylic acids is 1. The predicted molar refractivity (Wildman–Crippen MR) is 88.2 cm³/mol. The fourth-order valence-electron chi connectivity index (χ4n) is 2.34. The smallest absolute Gasteiger partial charge is 0.266 e. The summed E-state index contributed by atoms with van der Waals surface area (Å²) >= 11 is 18.6. The Morgan fingerprint density at radius 1 is 1.50 bits per heavy atom. The van der Waals surface area contributed by atoms with Gasteiger partial charge in [0.05, 0.1) is 16.4 Å². The van der Waals surface area contributed by atoms with Crippen molar-refractivity contribution in [2.75, 3.05) is 6.54 Å². The van der Waals surface area contributed by atoms with Gasteiger partial charge in [0.15, 0.2) is 0 Å². The van der Waals surface area contributed by atoms with Crippen molar-refractivity contribution in [3.05, 3.63) is 23.6 Å². The molecule has 0 aromatic heterocycles. The normalized spacial score (nSPS) is 36.8. The molecule has 4 unspecified atom stereocenters. The Morgan fingerprint density at radius 3 is 2.85 bits per heavy atom. The zero-order chi connectivity index (χ0) is 14.9. The van der Waals surface area contributed by atoms with Crippen LogP contribution in [0, 0.1) is 5.92 Å². The third-order valence-corrected chi connectivity index (χ3v) is 5.56. The van der Waals surface area contributed by atoms with Crippen LogP contribution in [0.2, 0.25) is 0 Å². The van der Waals surface area contributed by atoms with Crippen LogP contribution in [-0.2, 0) is 4.79 Å². The van der Waals surface area contributed by atoms with Crippen LogP contribution in [-0.4, -0.2) is 43.6 Å². The minimum atomic E-state index is -0.686. The van der Waals surface area contributed by atoms with Gasteiger partial charge in [0.25, 0.3) is 5.91 Å². The summed E-state index contributed by atoms with van der Waals surface area (Å²) in [6, 6.07) is 0. The third-order valence-electron chi connectivity index (χ3n) is 3.37. The number of rotatable bonds is 3. The molecule has 1 saturated heterocycles. The highest BCUT2D eigenvalue weighted by atomic mass is 35.5. The number of hydrogen-bond acceptors (Lipinski definition) is 4. The summed E-state index contributed by atoms with van der Waals surface area (Å²) in [4.78, 5) is 14.2. The standard InChI is InChI=1S/C13H15Cl2NO2S2/c1-2-3-16-12(18)10(20-13(16)19)5-7-4-8(14)6-9(15)11(7)17/h2,5,7-9,11,17H,1,3-4,6H2/b10-5-. The molecule has 0 aromatic carbocycles. The van der Waals surface area contributed by atoms with Gasteiger partial charge < -0.3 is 5.11 Å². The second-order valence-electron chi connectivity index (χ2n) is 4.84. The molecule has 7 heteroatoms. The fraction of sp³-hybridized carbons (Fsp3) is 0.538. The Labute approximate surface area is 138 Å². The van der Waals surface area contributed by atoms with Gasteiger partial charge in [0.2, 0.25) is 0 Å². The molecule has 3 nitrogen and oxygen atoms in total. The van der Waals surface area contributed by atoms with Gasteiger partial charge in [-0.1, -0.05) is 36.1 Å². The van der Waals surface area contributed by atoms with Gasteiger partial charge >= 0.3 is 0 Å². The maximum absolute atomic E-state index is 12.2. The summed E-state index contributed by atoms with van der Waals surface area (Å²) in [5.41, 5.74) is 0. The number of thioether (sulfide) groups is 1. The van der Waals surface area contributed by atoms with E-state index in [4.69, 9.17) is 35.4 Å². The number of alkyl halides is 2. The molecule has 1 aliphatic carbocycles. The van der Waals surface area contributed by atoms with Crippen LogP contribution in [0.25, 0.3) is 0 Å². The molecule has 0 bridgehead atoms. The van der Waals surface area contributed by atoms with Crippen LogP contribution in [0.15, 0.2) is 23.6 Å². The van der Waals surface area contributed by atoms with Crippen LogP contribution in [0.5, 0.6) is 0 Å². The monoisotopic (exact) mass is 351 g/mol. The van der Waals surface area contributed by atoms with Crippen molar-refractivity contribution in [1.29, 1.82) is 0 Å². The van der Waals surface area contributed by atoms with E-state index in [1.807, 2.05) is 0 Å². The van der Waals surface area contributed by atoms with Crippen molar-refractivity contribution >= 4 is 57.4 Å². The van der Waals surface area contributed by atoms with Gasteiger partial charge in [-0.15, -0.1) is 29.8 Å². The van der Waals surface area contributed by atoms with Crippen molar-refractivity contribution in [3.8, 4) is 0 Å². The summed E-state index contributed by atoms with van der Waals surface area (Å²) in [5.74, 6) is -0.360. The maximum atomic E-state index is 12.2. The molecule has 1 amide bonds. The van der Waals surface area contributed by atoms with Crippen LogP contribution in [0.3, 0.4) is 0 Å². The first-order chi connectivity index (χ1) is 9.43. The number of aliphatic hydroxyl groups is 1. The molecule has 0 radical (unpaired) electrons. The number of amides is 1. The summed E-state index contributed by atoms with van der Waals surface area (Å²) < 4.78 is 0.510. The van der Waals surface area contributed by atoms with E-state index in [9.17, 15) is 9.90 Å². The van der Waals surface area contributed by atoms with Crippen LogP contribution in [0.4, 0.5) is 0 Å². The van der Waals surface area contributed by atoms with Gasteiger partial charge in [-0.05, 0) is 12.8 Å². The van der Waals surface area contributed by atoms with Crippen LogP contribution >= 0.6 is 47.2 Å². The molecule has 4 atom stereocenters. The van der Waals surface area contributed by atoms with E-state index in [2.05, 4.69) is 6.58 Å². The predicted octanol–water partition coefficient (Wildman–Crippen LogP) is 2.90. The number of carbonyl (C=O) groups is 1. The van der Waals surface area contributed by atoms with Gasteiger partial charge in [-0.3, -0.25) is 9.69 Å². The number of aliphatic hydroxyl groups excluding tert-OH is 1. The molecule has 2 fully saturated rings. The van der Waals surface area contributed by atoms with Gasteiger partial charge in [0, 0.05) is 17.8 Å². The van der Waals surface area contributed by atoms with Gasteiger partial charge in [-0.25, -0.2) is 0 Å². The zero-order valence-corrected chi connectivity index (χ0v) is 13.8. The Balaban J connectivity index is 2.16. The quantitative estimate of drug-likeness (QED) is 0.367. The van der Waals surface area contributed by atoms with E-state index in [0.29, 0.717) is 28.6 Å². The highest BCUT2D eigenvalue weighted by molar-refractivity contribution is 8.26. The molecule has 110 valence electrons. The topological polar surface area (TPSA) is 40.5 Å². The Kier molecular flexibility index (Phi) is 5.54. The van der Waals surface area contributed by atoms with Crippen molar-refractivity contribution in [3.63, 3.8) is 0 Å². The average molecular weight is 352 g/mol. The van der Waals surface area contributed by atoms with E-state index < -0.39 is 6.10 Å². The molecule has 20 heavy (non-hydrogen) atoms. The van der Waals surface area contributed by atoms with Crippen LogP contribution in [0.1, 0.15) is 12.8 Å². The highest BCUT2D eigenvalue weighted by Crippen LogP contribution is 2.37. The number of hydrogen-bond donors (Lipinski definition) is 1. The number of nitrogens with zero attached hydrogens (tertiary/aromatic N) is 1. The van der Waals surface area contributed by atoms with Crippen molar-refractivity contribution < 1.29 is 9.90 Å². The van der Waals surface area contributed by atoms with E-state index in [1.165, 1.54) is 16.7 Å².